The van der Waals surface area contributed by atoms with Crippen molar-refractivity contribution in [2.75, 3.05) is 13.1 Å². The third-order valence-electron chi connectivity index (χ3n) is 4.04. The second kappa shape index (κ2) is 13.3. The molecule has 4 atom stereocenters. The fourth-order valence-corrected chi connectivity index (χ4v) is 2.34. The van der Waals surface area contributed by atoms with Crippen molar-refractivity contribution in [3.8, 4) is 0 Å². The molecule has 0 aromatic heterocycles. The number of guanidine groups is 1. The Bertz CT molecular complexity index is 634. The molecule has 172 valence electrons. The van der Waals surface area contributed by atoms with Crippen LogP contribution in [0.15, 0.2) is 4.99 Å². The Morgan fingerprint density at radius 3 is 2.07 bits per heavy atom. The Morgan fingerprint density at radius 2 is 1.60 bits per heavy atom. The van der Waals surface area contributed by atoms with Crippen LogP contribution in [-0.4, -0.2) is 77.2 Å². The minimum absolute atomic E-state index is 0.0653. The van der Waals surface area contributed by atoms with E-state index >= 15 is 0 Å². The number of hydrogen-bond donors (Lipinski definition) is 8. The number of amides is 3. The molecule has 13 nitrogen and oxygen atoms in total. The predicted molar refractivity (Wildman–Crippen MR) is 109 cm³/mol. The zero-order valence-electron chi connectivity index (χ0n) is 17.4. The molecule has 0 radical (unpaired) electrons. The standard InChI is InChI=1S/C17H33N7O6/c1-8(2)12(16(29)30)24-15(28)13(9(3)25)23-11(26)7-22-14(27)10(18)5-4-6-21-17(19)20/h8-10,12-13,25H,4-7,18H2,1-3H3,(H,22,27)(H,23,26)(H,24,28)(H,29,30)(H4,19,20,21). The van der Waals surface area contributed by atoms with Crippen molar-refractivity contribution in [2.24, 2.45) is 28.1 Å². The van der Waals surface area contributed by atoms with Gasteiger partial charge in [0.1, 0.15) is 12.1 Å². The van der Waals surface area contributed by atoms with Crippen molar-refractivity contribution in [3.05, 3.63) is 0 Å². The van der Waals surface area contributed by atoms with Crippen LogP contribution >= 0.6 is 0 Å². The van der Waals surface area contributed by atoms with Crippen LogP contribution in [0.2, 0.25) is 0 Å². The van der Waals surface area contributed by atoms with E-state index in [-0.39, 0.29) is 12.4 Å². The number of aliphatic carboxylic acids is 1. The molecule has 0 saturated heterocycles. The van der Waals surface area contributed by atoms with E-state index in [1.807, 2.05) is 0 Å². The van der Waals surface area contributed by atoms with Crippen molar-refractivity contribution in [1.82, 2.24) is 16.0 Å². The second-order valence-corrected chi connectivity index (χ2v) is 7.13. The van der Waals surface area contributed by atoms with Gasteiger partial charge in [0.25, 0.3) is 0 Å². The van der Waals surface area contributed by atoms with Gasteiger partial charge >= 0.3 is 5.97 Å². The molecule has 0 rings (SSSR count). The predicted octanol–water partition coefficient (Wildman–Crippen LogP) is -3.43. The summed E-state index contributed by atoms with van der Waals surface area (Å²) in [6.07, 6.45) is -0.554. The molecule has 0 spiro atoms. The molecule has 0 bridgehead atoms. The quantitative estimate of drug-likeness (QED) is 0.0821. The Kier molecular flexibility index (Phi) is 12.0. The number of nitrogens with one attached hydrogen (secondary N) is 3. The third-order valence-corrected chi connectivity index (χ3v) is 4.04. The number of aliphatic imine (C=N–C) groups is 1. The molecule has 0 heterocycles. The highest BCUT2D eigenvalue weighted by atomic mass is 16.4. The number of carbonyl (C=O) groups is 4. The number of rotatable bonds is 13. The average molecular weight is 431 g/mol. The smallest absolute Gasteiger partial charge is 0.326 e. The normalized spacial score (nSPS) is 14.7. The van der Waals surface area contributed by atoms with Crippen LogP contribution in [0.4, 0.5) is 0 Å². The number of carboxylic acids is 1. The summed E-state index contributed by atoms with van der Waals surface area (Å²) in [6, 6.07) is -3.47. The maximum atomic E-state index is 12.3. The number of hydrogen-bond acceptors (Lipinski definition) is 7. The number of carbonyl (C=O) groups excluding carboxylic acids is 3. The molecule has 0 aromatic rings. The first-order valence-electron chi connectivity index (χ1n) is 9.46. The lowest BCUT2D eigenvalue weighted by Crippen LogP contribution is -2.58. The molecule has 4 unspecified atom stereocenters. The molecule has 0 aliphatic rings. The summed E-state index contributed by atoms with van der Waals surface area (Å²) in [5.74, 6) is -3.92. The summed E-state index contributed by atoms with van der Waals surface area (Å²) in [5.41, 5.74) is 16.1. The highest BCUT2D eigenvalue weighted by molar-refractivity contribution is 5.92. The molecule has 0 saturated carbocycles. The third kappa shape index (κ3) is 10.6. The Balaban J connectivity index is 4.64. The molecule has 13 heteroatoms. The average Bonchev–Trinajstić information content (AvgIpc) is 2.64. The van der Waals surface area contributed by atoms with Crippen LogP contribution in [0.5, 0.6) is 0 Å². The van der Waals surface area contributed by atoms with Crippen LogP contribution in [0.3, 0.4) is 0 Å². The van der Waals surface area contributed by atoms with Crippen molar-refractivity contribution in [1.29, 1.82) is 0 Å². The number of nitrogens with two attached hydrogens (primary N) is 3. The lowest BCUT2D eigenvalue weighted by atomic mass is 10.0. The van der Waals surface area contributed by atoms with E-state index in [0.29, 0.717) is 13.0 Å². The van der Waals surface area contributed by atoms with E-state index in [9.17, 15) is 24.3 Å². The highest BCUT2D eigenvalue weighted by Crippen LogP contribution is 2.03. The van der Waals surface area contributed by atoms with Crippen LogP contribution in [0.25, 0.3) is 0 Å². The lowest BCUT2D eigenvalue weighted by molar-refractivity contribution is -0.144. The topological polar surface area (TPSA) is 235 Å². The van der Waals surface area contributed by atoms with E-state index < -0.39 is 60.4 Å². The molecule has 0 aliphatic heterocycles. The van der Waals surface area contributed by atoms with Gasteiger partial charge in [-0.3, -0.25) is 19.4 Å². The van der Waals surface area contributed by atoms with Gasteiger partial charge < -0.3 is 43.4 Å². The fraction of sp³-hybridized carbons (Fsp3) is 0.706. The van der Waals surface area contributed by atoms with Gasteiger partial charge in [0, 0.05) is 6.54 Å². The molecule has 11 N–H and O–H groups in total. The fourth-order valence-electron chi connectivity index (χ4n) is 2.34. The summed E-state index contributed by atoms with van der Waals surface area (Å²) in [7, 11) is 0. The van der Waals surface area contributed by atoms with Gasteiger partial charge in [-0.2, -0.15) is 0 Å². The molecule has 3 amide bonds. The SMILES string of the molecule is CC(C)C(NC(=O)C(NC(=O)CNC(=O)C(N)CCCN=C(N)N)C(C)O)C(=O)O. The number of nitrogens with zero attached hydrogens (tertiary/aromatic N) is 1. The molecule has 0 fully saturated rings. The summed E-state index contributed by atoms with van der Waals surface area (Å²) in [5, 5.41) is 25.8. The van der Waals surface area contributed by atoms with Crippen LogP contribution in [0.1, 0.15) is 33.6 Å². The summed E-state index contributed by atoms with van der Waals surface area (Å²) < 4.78 is 0. The van der Waals surface area contributed by atoms with Gasteiger partial charge in [-0.05, 0) is 25.7 Å². The van der Waals surface area contributed by atoms with Crippen molar-refractivity contribution in [3.63, 3.8) is 0 Å². The number of aliphatic hydroxyl groups is 1. The monoisotopic (exact) mass is 431 g/mol. The van der Waals surface area contributed by atoms with Crippen LogP contribution in [0, 0.1) is 5.92 Å². The van der Waals surface area contributed by atoms with Crippen molar-refractivity contribution >= 4 is 29.7 Å². The summed E-state index contributed by atoms with van der Waals surface area (Å²) >= 11 is 0. The van der Waals surface area contributed by atoms with Gasteiger partial charge in [-0.25, -0.2) is 4.79 Å². The first-order valence-corrected chi connectivity index (χ1v) is 9.46. The summed E-state index contributed by atoms with van der Waals surface area (Å²) in [4.78, 5) is 51.3. The Morgan fingerprint density at radius 1 is 1.00 bits per heavy atom. The van der Waals surface area contributed by atoms with Gasteiger partial charge in [0.2, 0.25) is 17.7 Å². The Labute approximate surface area is 174 Å². The minimum Gasteiger partial charge on any atom is -0.480 e. The summed E-state index contributed by atoms with van der Waals surface area (Å²) in [6.45, 7) is 4.29. The van der Waals surface area contributed by atoms with Crippen molar-refractivity contribution in [2.45, 2.75) is 57.8 Å². The number of carboxylic acid groups (broad SMARTS) is 1. The lowest BCUT2D eigenvalue weighted by Gasteiger charge is -2.25. The van der Waals surface area contributed by atoms with E-state index in [4.69, 9.17) is 22.3 Å². The zero-order chi connectivity index (χ0) is 23.4. The Hall–Kier alpha value is -2.93. The van der Waals surface area contributed by atoms with E-state index in [2.05, 4.69) is 20.9 Å². The molecular formula is C17H33N7O6. The maximum absolute atomic E-state index is 12.3. The van der Waals surface area contributed by atoms with Gasteiger partial charge in [-0.1, -0.05) is 13.8 Å². The molecule has 30 heavy (non-hydrogen) atoms. The highest BCUT2D eigenvalue weighted by Gasteiger charge is 2.31. The van der Waals surface area contributed by atoms with Gasteiger partial charge in [0.15, 0.2) is 5.96 Å². The van der Waals surface area contributed by atoms with E-state index in [1.165, 1.54) is 6.92 Å². The van der Waals surface area contributed by atoms with E-state index in [0.717, 1.165) is 0 Å². The first kappa shape index (κ1) is 27.1. The maximum Gasteiger partial charge on any atom is 0.326 e. The number of aliphatic hydroxyl groups excluding tert-OH is 1. The largest absolute Gasteiger partial charge is 0.480 e. The van der Waals surface area contributed by atoms with Crippen molar-refractivity contribution < 1.29 is 29.4 Å². The zero-order valence-corrected chi connectivity index (χ0v) is 17.4. The van der Waals surface area contributed by atoms with Crippen LogP contribution in [-0.2, 0) is 19.2 Å². The van der Waals surface area contributed by atoms with Gasteiger partial charge in [-0.15, -0.1) is 0 Å². The molecule has 0 aromatic carbocycles. The first-order chi connectivity index (χ1) is 13.9. The minimum atomic E-state index is -1.40. The van der Waals surface area contributed by atoms with Gasteiger partial charge in [0.05, 0.1) is 18.7 Å². The molecular weight excluding hydrogens is 398 g/mol. The second-order valence-electron chi connectivity index (χ2n) is 7.13. The van der Waals surface area contributed by atoms with E-state index in [1.54, 1.807) is 13.8 Å². The van der Waals surface area contributed by atoms with Crippen LogP contribution < -0.4 is 33.2 Å². The molecule has 0 aliphatic carbocycles.